The zero-order valence-corrected chi connectivity index (χ0v) is 12.9. The third kappa shape index (κ3) is 2.40. The first-order valence-electron chi connectivity index (χ1n) is 6.64. The molecule has 1 aromatic carbocycles. The number of aryl methyl sites for hydroxylation is 1. The van der Waals surface area contributed by atoms with Gasteiger partial charge in [0.05, 0.1) is 18.4 Å². The Hall–Kier alpha value is -2.53. The van der Waals surface area contributed by atoms with Crippen LogP contribution in [0.1, 0.15) is 5.69 Å². The van der Waals surface area contributed by atoms with Crippen LogP contribution >= 0.6 is 11.6 Å². The molecule has 2 aromatic heterocycles. The average Bonchev–Trinajstić information content (AvgIpc) is 2.82. The second-order valence-corrected chi connectivity index (χ2v) is 5.20. The Labute approximate surface area is 132 Å². The summed E-state index contributed by atoms with van der Waals surface area (Å²) >= 11 is 5.98. The molecule has 22 heavy (non-hydrogen) atoms. The fourth-order valence-corrected chi connectivity index (χ4v) is 2.54. The van der Waals surface area contributed by atoms with Crippen molar-refractivity contribution < 1.29 is 9.94 Å². The second kappa shape index (κ2) is 5.69. The highest BCUT2D eigenvalue weighted by Crippen LogP contribution is 2.34. The highest BCUT2D eigenvalue weighted by Gasteiger charge is 2.19. The highest BCUT2D eigenvalue weighted by molar-refractivity contribution is 6.30. The molecule has 3 rings (SSSR count). The first-order chi connectivity index (χ1) is 10.6. The topological polar surface area (TPSA) is 60.2 Å². The van der Waals surface area contributed by atoms with Crippen LogP contribution in [0.3, 0.4) is 0 Å². The fourth-order valence-electron chi connectivity index (χ4n) is 2.38. The Morgan fingerprint density at radius 2 is 2.09 bits per heavy atom. The van der Waals surface area contributed by atoms with E-state index < -0.39 is 0 Å². The molecule has 0 saturated heterocycles. The Balaban J connectivity index is 2.19. The van der Waals surface area contributed by atoms with Crippen molar-refractivity contribution in [3.05, 3.63) is 53.4 Å². The summed E-state index contributed by atoms with van der Waals surface area (Å²) in [6, 6.07) is 8.86. The van der Waals surface area contributed by atoms with Gasteiger partial charge in [-0.25, -0.2) is 4.98 Å². The summed E-state index contributed by atoms with van der Waals surface area (Å²) in [7, 11) is 1.55. The molecule has 6 heteroatoms. The quantitative estimate of drug-likeness (QED) is 0.746. The molecule has 0 unspecified atom stereocenters. The number of pyridine rings is 1. The third-order valence-electron chi connectivity index (χ3n) is 3.37. The summed E-state index contributed by atoms with van der Waals surface area (Å²) in [5, 5.41) is 11.1. The molecule has 0 amide bonds. The third-order valence-corrected chi connectivity index (χ3v) is 3.60. The molecule has 0 aliphatic heterocycles. The van der Waals surface area contributed by atoms with E-state index in [1.165, 1.54) is 0 Å². The predicted octanol–water partition coefficient (Wildman–Crippen LogP) is 3.82. The van der Waals surface area contributed by atoms with E-state index in [4.69, 9.17) is 16.3 Å². The minimum Gasteiger partial charge on any atom is -0.496 e. The van der Waals surface area contributed by atoms with Gasteiger partial charge >= 0.3 is 0 Å². The lowest BCUT2D eigenvalue weighted by Crippen LogP contribution is -1.99. The molecule has 5 nitrogen and oxygen atoms in total. The first kappa shape index (κ1) is 14.4. The number of methoxy groups -OCH3 is 1. The van der Waals surface area contributed by atoms with E-state index in [0.29, 0.717) is 33.5 Å². The summed E-state index contributed by atoms with van der Waals surface area (Å²) in [6.07, 6.45) is 3.36. The van der Waals surface area contributed by atoms with Crippen molar-refractivity contribution in [3.63, 3.8) is 0 Å². The molecule has 112 valence electrons. The monoisotopic (exact) mass is 315 g/mol. The molecule has 0 bridgehead atoms. The van der Waals surface area contributed by atoms with Gasteiger partial charge in [0.25, 0.3) is 0 Å². The number of benzene rings is 1. The van der Waals surface area contributed by atoms with Gasteiger partial charge in [0.15, 0.2) is 5.82 Å². The number of hydrogen-bond donors (Lipinski definition) is 1. The van der Waals surface area contributed by atoms with Crippen LogP contribution in [0.15, 0.2) is 42.7 Å². The van der Waals surface area contributed by atoms with E-state index in [9.17, 15) is 5.21 Å². The minimum atomic E-state index is 0.393. The van der Waals surface area contributed by atoms with Gasteiger partial charge < -0.3 is 9.94 Å². The number of hydrogen-bond acceptors (Lipinski definition) is 4. The standard InChI is InChI=1S/C16H14ClN3O2/c1-10-15(11-4-3-7-18-9-11)20(21)16(19-10)13-6-5-12(17)8-14(13)22-2/h3-9,21H,1-2H3. The van der Waals surface area contributed by atoms with Gasteiger partial charge in [-0.1, -0.05) is 11.6 Å². The Morgan fingerprint density at radius 1 is 1.27 bits per heavy atom. The molecular weight excluding hydrogens is 302 g/mol. The SMILES string of the molecule is COc1cc(Cl)ccc1-c1nc(C)c(-c2cccnc2)n1O. The van der Waals surface area contributed by atoms with E-state index in [1.807, 2.05) is 19.1 Å². The molecule has 3 aromatic rings. The van der Waals surface area contributed by atoms with E-state index in [-0.39, 0.29) is 0 Å². The molecule has 1 N–H and O–H groups in total. The molecular formula is C16H14ClN3O2. The molecule has 2 heterocycles. The molecule has 0 aliphatic rings. The van der Waals surface area contributed by atoms with Crippen LogP contribution < -0.4 is 4.74 Å². The zero-order valence-electron chi connectivity index (χ0n) is 12.1. The normalized spacial score (nSPS) is 10.7. The zero-order chi connectivity index (χ0) is 15.7. The number of halogens is 1. The van der Waals surface area contributed by atoms with Gasteiger partial charge in [-0.15, -0.1) is 0 Å². The number of imidazole rings is 1. The van der Waals surface area contributed by atoms with Crippen molar-refractivity contribution in [2.24, 2.45) is 0 Å². The van der Waals surface area contributed by atoms with Gasteiger partial charge in [-0.2, -0.15) is 4.73 Å². The van der Waals surface area contributed by atoms with Crippen molar-refractivity contribution in [2.45, 2.75) is 6.92 Å². The van der Waals surface area contributed by atoms with Gasteiger partial charge in [-0.05, 0) is 37.3 Å². The minimum absolute atomic E-state index is 0.393. The fraction of sp³-hybridized carbons (Fsp3) is 0.125. The number of rotatable bonds is 3. The van der Waals surface area contributed by atoms with E-state index >= 15 is 0 Å². The maximum Gasteiger partial charge on any atom is 0.180 e. The summed E-state index contributed by atoms with van der Waals surface area (Å²) in [6.45, 7) is 1.83. The largest absolute Gasteiger partial charge is 0.496 e. The second-order valence-electron chi connectivity index (χ2n) is 4.77. The number of ether oxygens (including phenoxy) is 1. The first-order valence-corrected chi connectivity index (χ1v) is 7.02. The Kier molecular flexibility index (Phi) is 3.73. The molecule has 0 radical (unpaired) electrons. The van der Waals surface area contributed by atoms with Crippen LogP contribution in [-0.4, -0.2) is 27.0 Å². The average molecular weight is 316 g/mol. The maximum absolute atomic E-state index is 10.5. The maximum atomic E-state index is 10.5. The highest BCUT2D eigenvalue weighted by atomic mass is 35.5. The van der Waals surface area contributed by atoms with Crippen molar-refractivity contribution in [3.8, 4) is 28.4 Å². The van der Waals surface area contributed by atoms with Crippen molar-refractivity contribution in [1.29, 1.82) is 0 Å². The van der Waals surface area contributed by atoms with E-state index in [1.54, 1.807) is 37.7 Å². The van der Waals surface area contributed by atoms with Crippen LogP contribution in [0.5, 0.6) is 5.75 Å². The van der Waals surface area contributed by atoms with Crippen LogP contribution in [0.4, 0.5) is 0 Å². The Morgan fingerprint density at radius 3 is 2.77 bits per heavy atom. The van der Waals surface area contributed by atoms with Crippen LogP contribution in [0.2, 0.25) is 5.02 Å². The summed E-state index contributed by atoms with van der Waals surface area (Å²) in [5.74, 6) is 0.940. The Bertz CT molecular complexity index is 816. The number of aromatic nitrogens is 3. The molecule has 0 saturated carbocycles. The van der Waals surface area contributed by atoms with Crippen molar-refractivity contribution in [1.82, 2.24) is 14.7 Å². The van der Waals surface area contributed by atoms with Crippen molar-refractivity contribution in [2.75, 3.05) is 7.11 Å². The smallest absolute Gasteiger partial charge is 0.180 e. The predicted molar refractivity (Wildman–Crippen MR) is 84.4 cm³/mol. The lowest BCUT2D eigenvalue weighted by molar-refractivity contribution is 0.195. The van der Waals surface area contributed by atoms with Gasteiger partial charge in [0.2, 0.25) is 0 Å². The van der Waals surface area contributed by atoms with Crippen LogP contribution in [0, 0.1) is 6.92 Å². The molecule has 0 fully saturated rings. The summed E-state index contributed by atoms with van der Waals surface area (Å²) in [5.41, 5.74) is 2.74. The van der Waals surface area contributed by atoms with E-state index in [2.05, 4.69) is 9.97 Å². The molecule has 0 atom stereocenters. The van der Waals surface area contributed by atoms with Crippen molar-refractivity contribution >= 4 is 11.6 Å². The number of nitrogens with zero attached hydrogens (tertiary/aromatic N) is 3. The summed E-state index contributed by atoms with van der Waals surface area (Å²) in [4.78, 5) is 8.53. The van der Waals surface area contributed by atoms with Crippen LogP contribution in [0.25, 0.3) is 22.6 Å². The van der Waals surface area contributed by atoms with E-state index in [0.717, 1.165) is 10.3 Å². The van der Waals surface area contributed by atoms with Gasteiger partial charge in [0.1, 0.15) is 11.4 Å². The summed E-state index contributed by atoms with van der Waals surface area (Å²) < 4.78 is 6.38. The molecule has 0 spiro atoms. The molecule has 0 aliphatic carbocycles. The van der Waals surface area contributed by atoms with Gasteiger partial charge in [-0.3, -0.25) is 4.98 Å². The lowest BCUT2D eigenvalue weighted by Gasteiger charge is -2.09. The van der Waals surface area contributed by atoms with Crippen LogP contribution in [-0.2, 0) is 0 Å². The van der Waals surface area contributed by atoms with Gasteiger partial charge in [0, 0.05) is 23.0 Å². The lowest BCUT2D eigenvalue weighted by atomic mass is 10.2.